The van der Waals surface area contributed by atoms with Crippen LogP contribution in [0.2, 0.25) is 5.02 Å². The van der Waals surface area contributed by atoms with Crippen LogP contribution in [0.1, 0.15) is 5.56 Å². The zero-order valence-corrected chi connectivity index (χ0v) is 11.0. The molecule has 0 saturated carbocycles. The fourth-order valence-corrected chi connectivity index (χ4v) is 2.06. The van der Waals surface area contributed by atoms with Crippen LogP contribution in [0.4, 0.5) is 0 Å². The van der Waals surface area contributed by atoms with Crippen LogP contribution in [0.15, 0.2) is 36.5 Å². The molecule has 1 aliphatic heterocycles. The zero-order valence-electron chi connectivity index (χ0n) is 10.2. The monoisotopic (exact) mass is 291 g/mol. The summed E-state index contributed by atoms with van der Waals surface area (Å²) in [5, 5.41) is 9.46. The molecule has 0 saturated heterocycles. The van der Waals surface area contributed by atoms with Crippen molar-refractivity contribution >= 4 is 17.6 Å². The second kappa shape index (κ2) is 5.02. The van der Waals surface area contributed by atoms with Gasteiger partial charge in [0.15, 0.2) is 6.10 Å². The topological polar surface area (TPSA) is 68.7 Å². The van der Waals surface area contributed by atoms with Crippen molar-refractivity contribution in [3.63, 3.8) is 0 Å². The summed E-state index contributed by atoms with van der Waals surface area (Å²) in [6.07, 6.45) is 1.03. The van der Waals surface area contributed by atoms with Crippen LogP contribution in [-0.2, 0) is 11.2 Å². The minimum absolute atomic E-state index is 0.365. The fourth-order valence-electron chi connectivity index (χ4n) is 1.95. The standard InChI is InChI=1S/C14H10ClNO4/c15-9-2-4-13(16-7-9)19-10-3-1-8-5-12(14(17)18)20-11(8)6-10/h1-4,6-7,12H,5H2,(H,17,18). The molecule has 1 aliphatic rings. The minimum Gasteiger partial charge on any atom is -0.478 e. The van der Waals surface area contributed by atoms with Gasteiger partial charge in [-0.15, -0.1) is 0 Å². The Bertz CT molecular complexity index is 657. The number of carbonyl (C=O) groups is 1. The van der Waals surface area contributed by atoms with E-state index >= 15 is 0 Å². The number of rotatable bonds is 3. The van der Waals surface area contributed by atoms with E-state index in [1.807, 2.05) is 0 Å². The molecule has 6 heteroatoms. The molecule has 0 fully saturated rings. The highest BCUT2D eigenvalue weighted by Crippen LogP contribution is 2.33. The van der Waals surface area contributed by atoms with Crippen LogP contribution in [0.25, 0.3) is 0 Å². The van der Waals surface area contributed by atoms with E-state index in [2.05, 4.69) is 4.98 Å². The zero-order chi connectivity index (χ0) is 14.1. The number of carboxylic acid groups (broad SMARTS) is 1. The molecule has 0 radical (unpaired) electrons. The fraction of sp³-hybridized carbons (Fsp3) is 0.143. The van der Waals surface area contributed by atoms with Crippen molar-refractivity contribution < 1.29 is 19.4 Å². The number of carboxylic acids is 1. The largest absolute Gasteiger partial charge is 0.478 e. The Balaban J connectivity index is 1.79. The van der Waals surface area contributed by atoms with Crippen LogP contribution in [0, 0.1) is 0 Å². The van der Waals surface area contributed by atoms with Crippen molar-refractivity contribution in [2.45, 2.75) is 12.5 Å². The van der Waals surface area contributed by atoms with Crippen LogP contribution in [0.5, 0.6) is 17.4 Å². The highest BCUT2D eigenvalue weighted by Gasteiger charge is 2.29. The van der Waals surface area contributed by atoms with Crippen molar-refractivity contribution in [3.8, 4) is 17.4 Å². The number of ether oxygens (including phenoxy) is 2. The summed E-state index contributed by atoms with van der Waals surface area (Å²) in [5.74, 6) is 0.499. The van der Waals surface area contributed by atoms with Gasteiger partial charge in [-0.25, -0.2) is 9.78 Å². The van der Waals surface area contributed by atoms with E-state index in [0.717, 1.165) is 5.56 Å². The summed E-state index contributed by atoms with van der Waals surface area (Å²) in [5.41, 5.74) is 0.855. The molecule has 0 spiro atoms. The van der Waals surface area contributed by atoms with Crippen LogP contribution in [0.3, 0.4) is 0 Å². The summed E-state index contributed by atoms with van der Waals surface area (Å²) < 4.78 is 10.9. The van der Waals surface area contributed by atoms with Gasteiger partial charge in [-0.3, -0.25) is 0 Å². The summed E-state index contributed by atoms with van der Waals surface area (Å²) in [6, 6.07) is 8.53. The number of pyridine rings is 1. The maximum atomic E-state index is 10.9. The van der Waals surface area contributed by atoms with Gasteiger partial charge in [-0.1, -0.05) is 17.7 Å². The van der Waals surface area contributed by atoms with Crippen molar-refractivity contribution in [2.75, 3.05) is 0 Å². The first-order valence-electron chi connectivity index (χ1n) is 5.93. The van der Waals surface area contributed by atoms with Crippen molar-refractivity contribution in [2.24, 2.45) is 0 Å². The lowest BCUT2D eigenvalue weighted by atomic mass is 10.1. The molecule has 20 heavy (non-hydrogen) atoms. The van der Waals surface area contributed by atoms with Gasteiger partial charge in [0.05, 0.1) is 5.02 Å². The Labute approximate surface area is 119 Å². The highest BCUT2D eigenvalue weighted by atomic mass is 35.5. The molecule has 5 nitrogen and oxygen atoms in total. The van der Waals surface area contributed by atoms with E-state index in [1.54, 1.807) is 30.3 Å². The Morgan fingerprint density at radius 1 is 1.40 bits per heavy atom. The normalized spacial score (nSPS) is 16.4. The lowest BCUT2D eigenvalue weighted by Crippen LogP contribution is -2.24. The van der Waals surface area contributed by atoms with Gasteiger partial charge in [-0.2, -0.15) is 0 Å². The summed E-state index contributed by atoms with van der Waals surface area (Å²) >= 11 is 5.74. The first-order chi connectivity index (χ1) is 9.61. The van der Waals surface area contributed by atoms with Gasteiger partial charge in [0, 0.05) is 24.8 Å². The Morgan fingerprint density at radius 2 is 2.25 bits per heavy atom. The number of benzene rings is 1. The van der Waals surface area contributed by atoms with E-state index in [4.69, 9.17) is 26.2 Å². The van der Waals surface area contributed by atoms with E-state index < -0.39 is 12.1 Å². The lowest BCUT2D eigenvalue weighted by Gasteiger charge is -2.07. The number of halogens is 1. The van der Waals surface area contributed by atoms with Gasteiger partial charge < -0.3 is 14.6 Å². The Morgan fingerprint density at radius 3 is 2.95 bits per heavy atom. The first-order valence-corrected chi connectivity index (χ1v) is 6.31. The molecule has 2 heterocycles. The summed E-state index contributed by atoms with van der Waals surface area (Å²) in [7, 11) is 0. The quantitative estimate of drug-likeness (QED) is 0.941. The van der Waals surface area contributed by atoms with Crippen LogP contribution < -0.4 is 9.47 Å². The van der Waals surface area contributed by atoms with Gasteiger partial charge in [0.1, 0.15) is 11.5 Å². The maximum Gasteiger partial charge on any atom is 0.345 e. The lowest BCUT2D eigenvalue weighted by molar-refractivity contribution is -0.144. The second-order valence-electron chi connectivity index (χ2n) is 4.34. The van der Waals surface area contributed by atoms with Crippen molar-refractivity contribution in [1.82, 2.24) is 4.98 Å². The van der Waals surface area contributed by atoms with Gasteiger partial charge >= 0.3 is 5.97 Å². The summed E-state index contributed by atoms with van der Waals surface area (Å²) in [4.78, 5) is 14.9. The van der Waals surface area contributed by atoms with Gasteiger partial charge in [-0.05, 0) is 17.7 Å². The minimum atomic E-state index is -0.969. The molecule has 1 aromatic carbocycles. The van der Waals surface area contributed by atoms with E-state index in [1.165, 1.54) is 6.20 Å². The van der Waals surface area contributed by atoms with Gasteiger partial charge in [0.2, 0.25) is 5.88 Å². The third-order valence-electron chi connectivity index (χ3n) is 2.91. The number of aromatic nitrogens is 1. The van der Waals surface area contributed by atoms with E-state index in [-0.39, 0.29) is 0 Å². The predicted octanol–water partition coefficient (Wildman–Crippen LogP) is 2.92. The molecule has 2 aromatic rings. The number of nitrogens with zero attached hydrogens (tertiary/aromatic N) is 1. The Kier molecular flexibility index (Phi) is 3.20. The average molecular weight is 292 g/mol. The molecule has 0 amide bonds. The molecular weight excluding hydrogens is 282 g/mol. The highest BCUT2D eigenvalue weighted by molar-refractivity contribution is 6.30. The van der Waals surface area contributed by atoms with Crippen LogP contribution >= 0.6 is 11.6 Å². The third kappa shape index (κ3) is 2.53. The molecule has 1 aromatic heterocycles. The predicted molar refractivity (Wildman–Crippen MR) is 71.5 cm³/mol. The SMILES string of the molecule is O=C(O)C1Cc2ccc(Oc3ccc(Cl)cn3)cc2O1. The first kappa shape index (κ1) is 12.7. The van der Waals surface area contributed by atoms with Gasteiger partial charge in [0.25, 0.3) is 0 Å². The van der Waals surface area contributed by atoms with E-state index in [9.17, 15) is 4.79 Å². The second-order valence-corrected chi connectivity index (χ2v) is 4.77. The molecule has 1 unspecified atom stereocenters. The maximum absolute atomic E-state index is 10.9. The van der Waals surface area contributed by atoms with E-state index in [0.29, 0.717) is 28.8 Å². The number of aliphatic carboxylic acids is 1. The molecule has 0 bridgehead atoms. The number of fused-ring (bicyclic) bond motifs is 1. The molecule has 1 N–H and O–H groups in total. The van der Waals surface area contributed by atoms with Crippen LogP contribution in [-0.4, -0.2) is 22.2 Å². The number of hydrogen-bond donors (Lipinski definition) is 1. The molecule has 1 atom stereocenters. The molecular formula is C14H10ClNO4. The summed E-state index contributed by atoms with van der Waals surface area (Å²) in [6.45, 7) is 0. The third-order valence-corrected chi connectivity index (χ3v) is 3.13. The Hall–Kier alpha value is -2.27. The molecule has 0 aliphatic carbocycles. The molecule has 102 valence electrons. The van der Waals surface area contributed by atoms with Crippen molar-refractivity contribution in [3.05, 3.63) is 47.1 Å². The van der Waals surface area contributed by atoms with Crippen molar-refractivity contribution in [1.29, 1.82) is 0 Å². The smallest absolute Gasteiger partial charge is 0.345 e. The average Bonchev–Trinajstić information content (AvgIpc) is 2.85. The number of hydrogen-bond acceptors (Lipinski definition) is 4. The molecule has 3 rings (SSSR count).